The Morgan fingerprint density at radius 3 is 2.49 bits per heavy atom. The molecule has 0 aliphatic carbocycles. The Kier molecular flexibility index (Phi) is 6.96. The van der Waals surface area contributed by atoms with E-state index in [9.17, 15) is 13.5 Å². The van der Waals surface area contributed by atoms with Crippen molar-refractivity contribution in [3.63, 3.8) is 0 Å². The van der Waals surface area contributed by atoms with Crippen LogP contribution in [0.5, 0.6) is 11.5 Å². The molecule has 202 valence electrons. The number of aromatic hydroxyl groups is 1. The molecule has 5 rings (SSSR count). The van der Waals surface area contributed by atoms with Crippen molar-refractivity contribution >= 4 is 38.7 Å². The zero-order valence-corrected chi connectivity index (χ0v) is 23.5. The number of hydrogen-bond donors (Lipinski definition) is 3. The van der Waals surface area contributed by atoms with Crippen molar-refractivity contribution in [2.24, 2.45) is 0 Å². The van der Waals surface area contributed by atoms with E-state index < -0.39 is 10.0 Å². The third-order valence-corrected chi connectivity index (χ3v) is 7.67. The van der Waals surface area contributed by atoms with Gasteiger partial charge in [0.15, 0.2) is 5.11 Å². The molecule has 0 amide bonds. The first-order chi connectivity index (χ1) is 18.6. The fraction of sp³-hybridized carbons (Fsp3) is 0.214. The zero-order chi connectivity index (χ0) is 27.9. The normalized spacial score (nSPS) is 17.2. The lowest BCUT2D eigenvalue weighted by Gasteiger charge is -2.29. The molecule has 1 aliphatic rings. The predicted molar refractivity (Wildman–Crippen MR) is 156 cm³/mol. The molecule has 0 saturated carbocycles. The summed E-state index contributed by atoms with van der Waals surface area (Å²) in [5.74, 6) is 0.563. The number of phenolic OH excluding ortho intramolecular Hbond substituents is 1. The van der Waals surface area contributed by atoms with Crippen LogP contribution in [0.25, 0.3) is 5.69 Å². The van der Waals surface area contributed by atoms with Gasteiger partial charge in [0.25, 0.3) is 0 Å². The third-order valence-electron chi connectivity index (χ3n) is 6.77. The van der Waals surface area contributed by atoms with Gasteiger partial charge in [-0.15, -0.1) is 0 Å². The van der Waals surface area contributed by atoms with Crippen LogP contribution < -0.4 is 19.7 Å². The van der Waals surface area contributed by atoms with E-state index in [0.29, 0.717) is 27.9 Å². The number of thiocarbonyl (C=S) groups is 1. The van der Waals surface area contributed by atoms with E-state index in [1.54, 1.807) is 30.5 Å². The number of sulfonamides is 1. The maximum absolute atomic E-state index is 12.1. The minimum atomic E-state index is -3.56. The summed E-state index contributed by atoms with van der Waals surface area (Å²) in [4.78, 5) is 6.59. The minimum Gasteiger partial charge on any atom is -0.506 e. The minimum absolute atomic E-state index is 0.177. The van der Waals surface area contributed by atoms with Gasteiger partial charge in [-0.1, -0.05) is 18.2 Å². The van der Waals surface area contributed by atoms with Crippen molar-refractivity contribution in [3.05, 3.63) is 95.6 Å². The van der Waals surface area contributed by atoms with Crippen LogP contribution in [0.3, 0.4) is 0 Å². The SMILES string of the molecule is COc1ccc(N2C(=S)N[C@@H](c3ccccn3)[C@H]2c2cc(C)n(-c3ccccc3O)c2C)cc1NS(C)(=O)=O. The zero-order valence-electron chi connectivity index (χ0n) is 21.9. The van der Waals surface area contributed by atoms with Gasteiger partial charge in [-0.25, -0.2) is 8.42 Å². The van der Waals surface area contributed by atoms with Crippen molar-refractivity contribution in [2.75, 3.05) is 23.0 Å². The first kappa shape index (κ1) is 26.5. The van der Waals surface area contributed by atoms with Crippen LogP contribution in [0, 0.1) is 13.8 Å². The molecule has 0 radical (unpaired) electrons. The highest BCUT2D eigenvalue weighted by Crippen LogP contribution is 2.45. The summed E-state index contributed by atoms with van der Waals surface area (Å²) in [6.07, 6.45) is 2.83. The van der Waals surface area contributed by atoms with Crippen LogP contribution in [0.4, 0.5) is 11.4 Å². The number of nitrogens with one attached hydrogen (secondary N) is 2. The van der Waals surface area contributed by atoms with Crippen molar-refractivity contribution in [3.8, 4) is 17.2 Å². The number of pyridine rings is 1. The summed E-state index contributed by atoms with van der Waals surface area (Å²) in [7, 11) is -2.08. The largest absolute Gasteiger partial charge is 0.506 e. The molecule has 1 saturated heterocycles. The molecule has 0 unspecified atom stereocenters. The summed E-state index contributed by atoms with van der Waals surface area (Å²) >= 11 is 5.86. The lowest BCUT2D eigenvalue weighted by Crippen LogP contribution is -2.29. The second-order valence-corrected chi connectivity index (χ2v) is 11.5. The number of hydrogen-bond acceptors (Lipinski definition) is 6. The van der Waals surface area contributed by atoms with E-state index in [0.717, 1.165) is 28.9 Å². The van der Waals surface area contributed by atoms with E-state index in [-0.39, 0.29) is 17.8 Å². The van der Waals surface area contributed by atoms with Gasteiger partial charge in [0.05, 0.1) is 42.5 Å². The van der Waals surface area contributed by atoms with E-state index in [4.69, 9.17) is 17.0 Å². The van der Waals surface area contributed by atoms with Crippen LogP contribution in [0.15, 0.2) is 72.9 Å². The second kappa shape index (κ2) is 10.2. The smallest absolute Gasteiger partial charge is 0.229 e. The highest BCUT2D eigenvalue weighted by atomic mass is 32.2. The Morgan fingerprint density at radius 1 is 1.08 bits per heavy atom. The molecule has 11 heteroatoms. The molecule has 2 aromatic carbocycles. The molecule has 1 fully saturated rings. The Labute approximate surface area is 233 Å². The standard InChI is InChI=1S/C28H29N5O4S2/c1-17-15-20(18(2)32(17)23-10-5-6-11-24(23)34)27-26(21-9-7-8-14-29-21)30-28(38)33(27)19-12-13-25(37-3)22(16-19)31-39(4,35)36/h5-16,26-27,31,34H,1-4H3,(H,30,38)/t26-,27+/m0/s1. The van der Waals surface area contributed by atoms with E-state index in [1.165, 1.54) is 7.11 Å². The maximum atomic E-state index is 12.1. The number of aromatic nitrogens is 2. The van der Waals surface area contributed by atoms with E-state index in [1.807, 2.05) is 59.7 Å². The van der Waals surface area contributed by atoms with Crippen molar-refractivity contribution in [1.29, 1.82) is 0 Å². The van der Waals surface area contributed by atoms with Gasteiger partial charge in [0.2, 0.25) is 10.0 Å². The Morgan fingerprint density at radius 2 is 1.82 bits per heavy atom. The highest BCUT2D eigenvalue weighted by molar-refractivity contribution is 7.92. The summed E-state index contributed by atoms with van der Waals surface area (Å²) in [5, 5.41) is 14.5. The van der Waals surface area contributed by atoms with Crippen molar-refractivity contribution < 1.29 is 18.3 Å². The van der Waals surface area contributed by atoms with Crippen LogP contribution in [-0.2, 0) is 10.0 Å². The maximum Gasteiger partial charge on any atom is 0.229 e. The molecule has 0 bridgehead atoms. The molecular weight excluding hydrogens is 534 g/mol. The summed E-state index contributed by atoms with van der Waals surface area (Å²) < 4.78 is 34.1. The predicted octanol–water partition coefficient (Wildman–Crippen LogP) is 4.75. The lowest BCUT2D eigenvalue weighted by molar-refractivity contribution is 0.417. The number of aryl methyl sites for hydroxylation is 1. The molecule has 2 aromatic heterocycles. The van der Waals surface area contributed by atoms with E-state index >= 15 is 0 Å². The highest BCUT2D eigenvalue weighted by Gasteiger charge is 2.42. The monoisotopic (exact) mass is 563 g/mol. The van der Waals surface area contributed by atoms with Gasteiger partial charge < -0.3 is 24.6 Å². The first-order valence-corrected chi connectivity index (χ1v) is 14.5. The molecule has 3 heterocycles. The topological polar surface area (TPSA) is 109 Å². The number of anilines is 2. The molecular formula is C28H29N5O4S2. The second-order valence-electron chi connectivity index (χ2n) is 9.41. The average molecular weight is 564 g/mol. The molecule has 2 atom stereocenters. The summed E-state index contributed by atoms with van der Waals surface area (Å²) in [6, 6.07) is 19.7. The number of benzene rings is 2. The number of rotatable bonds is 7. The van der Waals surface area contributed by atoms with Gasteiger partial charge in [0, 0.05) is 23.3 Å². The number of ether oxygens (including phenoxy) is 1. The summed E-state index contributed by atoms with van der Waals surface area (Å²) in [5.41, 5.74) is 5.32. The number of nitrogens with zero attached hydrogens (tertiary/aromatic N) is 3. The van der Waals surface area contributed by atoms with Crippen LogP contribution >= 0.6 is 12.2 Å². The van der Waals surface area contributed by atoms with Crippen molar-refractivity contribution in [1.82, 2.24) is 14.9 Å². The molecule has 4 aromatic rings. The number of phenols is 1. The quantitative estimate of drug-likeness (QED) is 0.277. The molecule has 0 spiro atoms. The molecule has 9 nitrogen and oxygen atoms in total. The van der Waals surface area contributed by atoms with Crippen LogP contribution in [0.2, 0.25) is 0 Å². The third kappa shape index (κ3) is 5.02. The summed E-state index contributed by atoms with van der Waals surface area (Å²) in [6.45, 7) is 4.00. The van der Waals surface area contributed by atoms with Crippen LogP contribution in [0.1, 0.15) is 34.7 Å². The van der Waals surface area contributed by atoms with Gasteiger partial charge in [-0.05, 0) is 80.2 Å². The van der Waals surface area contributed by atoms with E-state index in [2.05, 4.69) is 21.1 Å². The molecule has 1 aliphatic heterocycles. The Hall–Kier alpha value is -4.09. The van der Waals surface area contributed by atoms with Crippen LogP contribution in [-0.4, -0.2) is 41.6 Å². The first-order valence-electron chi connectivity index (χ1n) is 12.2. The fourth-order valence-corrected chi connectivity index (χ4v) is 6.09. The Balaban J connectivity index is 1.69. The van der Waals surface area contributed by atoms with Crippen molar-refractivity contribution in [2.45, 2.75) is 25.9 Å². The lowest BCUT2D eigenvalue weighted by atomic mass is 9.96. The van der Waals surface area contributed by atoms with Gasteiger partial charge in [-0.3, -0.25) is 9.71 Å². The number of methoxy groups -OCH3 is 1. The molecule has 39 heavy (non-hydrogen) atoms. The average Bonchev–Trinajstić information content (AvgIpc) is 3.39. The van der Waals surface area contributed by atoms with Gasteiger partial charge in [-0.2, -0.15) is 0 Å². The Bertz CT molecular complexity index is 1650. The molecule has 3 N–H and O–H groups in total. The fourth-order valence-electron chi connectivity index (χ4n) is 5.19. The van der Waals surface area contributed by atoms with Gasteiger partial charge in [0.1, 0.15) is 11.5 Å². The number of para-hydroxylation sites is 2. The van der Waals surface area contributed by atoms with Gasteiger partial charge >= 0.3 is 0 Å².